The minimum Gasteiger partial charge on any atom is -0.381 e. The SMILES string of the molecule is Cc1ccc(NC2CCN(CC3CCOC3)CC2)nc1C#N. The Bertz CT molecular complexity index is 540. The predicted octanol–water partition coefficient (Wildman–Crippen LogP) is 2.17. The fourth-order valence-corrected chi connectivity index (χ4v) is 3.28. The second kappa shape index (κ2) is 7.08. The number of piperidine rings is 1. The molecule has 0 saturated carbocycles. The number of likely N-dealkylation sites (tertiary alicyclic amines) is 1. The summed E-state index contributed by atoms with van der Waals surface area (Å²) >= 11 is 0. The van der Waals surface area contributed by atoms with E-state index >= 15 is 0 Å². The number of ether oxygens (including phenoxy) is 1. The minimum atomic E-state index is 0.456. The van der Waals surface area contributed by atoms with Gasteiger partial charge in [0.15, 0.2) is 0 Å². The van der Waals surface area contributed by atoms with Crippen molar-refractivity contribution in [1.29, 1.82) is 5.26 Å². The first kappa shape index (κ1) is 15.3. The molecule has 0 aromatic carbocycles. The Morgan fingerprint density at radius 2 is 2.18 bits per heavy atom. The van der Waals surface area contributed by atoms with Crippen LogP contribution in [0.2, 0.25) is 0 Å². The fraction of sp³-hybridized carbons (Fsp3) is 0.647. The number of pyridine rings is 1. The van der Waals surface area contributed by atoms with Crippen LogP contribution < -0.4 is 5.32 Å². The Morgan fingerprint density at radius 3 is 2.86 bits per heavy atom. The smallest absolute Gasteiger partial charge is 0.145 e. The van der Waals surface area contributed by atoms with E-state index < -0.39 is 0 Å². The predicted molar refractivity (Wildman–Crippen MR) is 85.7 cm³/mol. The number of hydrogen-bond acceptors (Lipinski definition) is 5. The summed E-state index contributed by atoms with van der Waals surface area (Å²) in [4.78, 5) is 6.94. The van der Waals surface area contributed by atoms with Crippen LogP contribution in [0.25, 0.3) is 0 Å². The van der Waals surface area contributed by atoms with E-state index in [9.17, 15) is 0 Å². The van der Waals surface area contributed by atoms with E-state index in [2.05, 4.69) is 21.3 Å². The summed E-state index contributed by atoms with van der Waals surface area (Å²) < 4.78 is 5.46. The summed E-state index contributed by atoms with van der Waals surface area (Å²) in [5, 5.41) is 12.5. The number of rotatable bonds is 4. The number of nitrogens with zero attached hydrogens (tertiary/aromatic N) is 3. The van der Waals surface area contributed by atoms with Gasteiger partial charge in [0.2, 0.25) is 0 Å². The van der Waals surface area contributed by atoms with Gasteiger partial charge < -0.3 is 15.0 Å². The standard InChI is InChI=1S/C17H24N4O/c1-13-2-3-17(20-16(13)10-18)19-15-4-7-21(8-5-15)11-14-6-9-22-12-14/h2-3,14-15H,4-9,11-12H2,1H3,(H,19,20). The third-order valence-electron chi connectivity index (χ3n) is 4.68. The van der Waals surface area contributed by atoms with Gasteiger partial charge in [-0.15, -0.1) is 0 Å². The zero-order valence-electron chi connectivity index (χ0n) is 13.2. The van der Waals surface area contributed by atoms with Crippen LogP contribution in [-0.2, 0) is 4.74 Å². The molecule has 118 valence electrons. The summed E-state index contributed by atoms with van der Waals surface area (Å²) in [5.41, 5.74) is 1.45. The second-order valence-electron chi connectivity index (χ2n) is 6.42. The molecule has 3 rings (SSSR count). The van der Waals surface area contributed by atoms with Gasteiger partial charge in [0.1, 0.15) is 17.6 Å². The van der Waals surface area contributed by atoms with Gasteiger partial charge >= 0.3 is 0 Å². The molecule has 0 radical (unpaired) electrons. The highest BCUT2D eigenvalue weighted by Gasteiger charge is 2.23. The van der Waals surface area contributed by atoms with Crippen LogP contribution in [-0.4, -0.2) is 48.8 Å². The summed E-state index contributed by atoms with van der Waals surface area (Å²) in [6, 6.07) is 6.54. The monoisotopic (exact) mass is 300 g/mol. The van der Waals surface area contributed by atoms with Crippen molar-refractivity contribution in [2.24, 2.45) is 5.92 Å². The summed E-state index contributed by atoms with van der Waals surface area (Å²) in [5.74, 6) is 1.55. The Hall–Kier alpha value is -1.64. The van der Waals surface area contributed by atoms with Crippen LogP contribution >= 0.6 is 0 Å². The van der Waals surface area contributed by atoms with Crippen molar-refractivity contribution >= 4 is 5.82 Å². The topological polar surface area (TPSA) is 61.2 Å². The number of nitriles is 1. The molecule has 0 spiro atoms. The summed E-state index contributed by atoms with van der Waals surface area (Å²) in [7, 11) is 0. The lowest BCUT2D eigenvalue weighted by Crippen LogP contribution is -2.41. The molecule has 5 nitrogen and oxygen atoms in total. The molecule has 5 heteroatoms. The number of nitrogens with one attached hydrogen (secondary N) is 1. The van der Waals surface area contributed by atoms with Gasteiger partial charge in [0.05, 0.1) is 6.61 Å². The van der Waals surface area contributed by atoms with E-state index in [4.69, 9.17) is 10.00 Å². The zero-order chi connectivity index (χ0) is 15.4. The third-order valence-corrected chi connectivity index (χ3v) is 4.68. The molecular weight excluding hydrogens is 276 g/mol. The number of hydrogen-bond donors (Lipinski definition) is 1. The van der Waals surface area contributed by atoms with Crippen molar-refractivity contribution in [3.8, 4) is 6.07 Å². The van der Waals surface area contributed by atoms with E-state index in [1.807, 2.05) is 19.1 Å². The van der Waals surface area contributed by atoms with E-state index in [0.29, 0.717) is 11.7 Å². The van der Waals surface area contributed by atoms with Crippen molar-refractivity contribution in [1.82, 2.24) is 9.88 Å². The van der Waals surface area contributed by atoms with Crippen LogP contribution in [0.3, 0.4) is 0 Å². The molecule has 1 N–H and O–H groups in total. The first-order valence-corrected chi connectivity index (χ1v) is 8.19. The fourth-order valence-electron chi connectivity index (χ4n) is 3.28. The lowest BCUT2D eigenvalue weighted by atomic mass is 10.0. The van der Waals surface area contributed by atoms with E-state index in [1.165, 1.54) is 13.0 Å². The maximum absolute atomic E-state index is 9.06. The lowest BCUT2D eigenvalue weighted by Gasteiger charge is -2.33. The molecule has 1 atom stereocenters. The van der Waals surface area contributed by atoms with Crippen molar-refractivity contribution in [2.45, 2.75) is 32.2 Å². The highest BCUT2D eigenvalue weighted by Crippen LogP contribution is 2.20. The molecule has 2 saturated heterocycles. The molecule has 2 fully saturated rings. The van der Waals surface area contributed by atoms with Gasteiger partial charge in [0.25, 0.3) is 0 Å². The van der Waals surface area contributed by atoms with Gasteiger partial charge in [-0.1, -0.05) is 6.07 Å². The van der Waals surface area contributed by atoms with Crippen LogP contribution in [0.15, 0.2) is 12.1 Å². The van der Waals surface area contributed by atoms with Crippen LogP contribution in [0.4, 0.5) is 5.82 Å². The molecular formula is C17H24N4O. The average Bonchev–Trinajstić information content (AvgIpc) is 3.04. The van der Waals surface area contributed by atoms with Crippen molar-refractivity contribution in [3.05, 3.63) is 23.4 Å². The highest BCUT2D eigenvalue weighted by atomic mass is 16.5. The Balaban J connectivity index is 1.48. The van der Waals surface area contributed by atoms with Crippen LogP contribution in [0.5, 0.6) is 0 Å². The second-order valence-corrected chi connectivity index (χ2v) is 6.42. The molecule has 1 aromatic rings. The number of aromatic nitrogens is 1. The van der Waals surface area contributed by atoms with E-state index in [0.717, 1.165) is 56.4 Å². The molecule has 22 heavy (non-hydrogen) atoms. The minimum absolute atomic E-state index is 0.456. The molecule has 1 unspecified atom stereocenters. The van der Waals surface area contributed by atoms with Gasteiger partial charge in [-0.3, -0.25) is 0 Å². The number of aryl methyl sites for hydroxylation is 1. The van der Waals surface area contributed by atoms with Crippen LogP contribution in [0.1, 0.15) is 30.5 Å². The Morgan fingerprint density at radius 1 is 1.36 bits per heavy atom. The van der Waals surface area contributed by atoms with Gasteiger partial charge in [-0.25, -0.2) is 4.98 Å². The maximum Gasteiger partial charge on any atom is 0.145 e. The number of anilines is 1. The summed E-state index contributed by atoms with van der Waals surface area (Å²) in [6.45, 7) is 7.22. The quantitative estimate of drug-likeness (QED) is 0.923. The zero-order valence-corrected chi connectivity index (χ0v) is 13.2. The molecule has 2 aliphatic rings. The molecule has 0 amide bonds. The summed E-state index contributed by atoms with van der Waals surface area (Å²) in [6.07, 6.45) is 3.47. The Labute approximate surface area is 132 Å². The molecule has 2 aliphatic heterocycles. The van der Waals surface area contributed by atoms with Gasteiger partial charge in [-0.05, 0) is 43.7 Å². The van der Waals surface area contributed by atoms with Gasteiger partial charge in [0, 0.05) is 32.3 Å². The third kappa shape index (κ3) is 3.76. The molecule has 0 bridgehead atoms. The first-order valence-electron chi connectivity index (χ1n) is 8.19. The lowest BCUT2D eigenvalue weighted by molar-refractivity contribution is 0.154. The van der Waals surface area contributed by atoms with Crippen molar-refractivity contribution in [2.75, 3.05) is 38.2 Å². The van der Waals surface area contributed by atoms with E-state index in [-0.39, 0.29) is 0 Å². The largest absolute Gasteiger partial charge is 0.381 e. The first-order chi connectivity index (χ1) is 10.7. The highest BCUT2D eigenvalue weighted by molar-refractivity contribution is 5.43. The van der Waals surface area contributed by atoms with E-state index in [1.54, 1.807) is 0 Å². The molecule has 0 aliphatic carbocycles. The maximum atomic E-state index is 9.06. The van der Waals surface area contributed by atoms with Crippen molar-refractivity contribution < 1.29 is 4.74 Å². The van der Waals surface area contributed by atoms with Crippen molar-refractivity contribution in [3.63, 3.8) is 0 Å². The van der Waals surface area contributed by atoms with Crippen LogP contribution in [0, 0.1) is 24.2 Å². The molecule has 3 heterocycles. The Kier molecular flexibility index (Phi) is 4.91. The van der Waals surface area contributed by atoms with Gasteiger partial charge in [-0.2, -0.15) is 5.26 Å². The molecule has 1 aromatic heterocycles. The average molecular weight is 300 g/mol. The normalized spacial score (nSPS) is 23.4.